The van der Waals surface area contributed by atoms with Gasteiger partial charge in [0.1, 0.15) is 5.75 Å². The molecule has 1 amide bonds. The smallest absolute Gasteiger partial charge is 0.243 e. The van der Waals surface area contributed by atoms with Gasteiger partial charge in [0.25, 0.3) is 0 Å². The Morgan fingerprint density at radius 1 is 1.35 bits per heavy atom. The average Bonchev–Trinajstić information content (AvgIpc) is 3.15. The molecule has 8 heteroatoms. The number of amides is 1. The van der Waals surface area contributed by atoms with E-state index in [4.69, 9.17) is 9.47 Å². The van der Waals surface area contributed by atoms with Crippen molar-refractivity contribution in [1.29, 1.82) is 0 Å². The van der Waals surface area contributed by atoms with Crippen molar-refractivity contribution in [2.45, 2.75) is 24.2 Å². The molecule has 0 radical (unpaired) electrons. The number of sulfonamides is 1. The van der Waals surface area contributed by atoms with Crippen LogP contribution in [0.5, 0.6) is 5.75 Å². The zero-order valence-electron chi connectivity index (χ0n) is 14.8. The van der Waals surface area contributed by atoms with E-state index in [0.717, 1.165) is 12.8 Å². The predicted molar refractivity (Wildman–Crippen MR) is 97.7 cm³/mol. The molecular formula is C18H24N2O5S. The summed E-state index contributed by atoms with van der Waals surface area (Å²) in [5.74, 6) is 0.517. The number of benzene rings is 1. The number of carbonyl (C=O) groups is 1. The molecule has 26 heavy (non-hydrogen) atoms. The predicted octanol–water partition coefficient (Wildman–Crippen LogP) is 2.01. The molecule has 3 rings (SSSR count). The second kappa shape index (κ2) is 8.20. The van der Waals surface area contributed by atoms with Gasteiger partial charge in [-0.05, 0) is 37.0 Å². The molecule has 2 aliphatic rings. The molecule has 0 saturated carbocycles. The normalized spacial score (nSPS) is 20.9. The number of nitrogens with one attached hydrogen (secondary N) is 1. The van der Waals surface area contributed by atoms with E-state index in [1.54, 1.807) is 6.07 Å². The second-order valence-corrected chi connectivity index (χ2v) is 8.33. The van der Waals surface area contributed by atoms with Crippen LogP contribution in [-0.2, 0) is 19.6 Å². The fourth-order valence-electron chi connectivity index (χ4n) is 3.19. The van der Waals surface area contributed by atoms with E-state index in [9.17, 15) is 13.2 Å². The summed E-state index contributed by atoms with van der Waals surface area (Å²) in [6.45, 7) is 1.41. The van der Waals surface area contributed by atoms with Crippen molar-refractivity contribution >= 4 is 21.6 Å². The summed E-state index contributed by atoms with van der Waals surface area (Å²) in [5, 5.41) is 2.80. The van der Waals surface area contributed by atoms with Crippen LogP contribution in [-0.4, -0.2) is 52.0 Å². The van der Waals surface area contributed by atoms with Crippen LogP contribution in [0.1, 0.15) is 19.3 Å². The first-order chi connectivity index (χ1) is 12.5. The van der Waals surface area contributed by atoms with Crippen LogP contribution in [0.2, 0.25) is 0 Å². The first-order valence-electron chi connectivity index (χ1n) is 8.73. The van der Waals surface area contributed by atoms with Gasteiger partial charge in [-0.25, -0.2) is 8.42 Å². The van der Waals surface area contributed by atoms with Gasteiger partial charge < -0.3 is 14.8 Å². The van der Waals surface area contributed by atoms with E-state index in [-0.39, 0.29) is 16.7 Å². The summed E-state index contributed by atoms with van der Waals surface area (Å²) in [4.78, 5) is 12.5. The number of nitrogens with zero attached hydrogens (tertiary/aromatic N) is 1. The topological polar surface area (TPSA) is 84.9 Å². The summed E-state index contributed by atoms with van der Waals surface area (Å²) in [5.41, 5.74) is 0.369. The molecule has 0 bridgehead atoms. The van der Waals surface area contributed by atoms with Crippen molar-refractivity contribution < 1.29 is 22.7 Å². The van der Waals surface area contributed by atoms with Crippen molar-refractivity contribution in [3.63, 3.8) is 0 Å². The highest BCUT2D eigenvalue weighted by Crippen LogP contribution is 2.30. The van der Waals surface area contributed by atoms with Crippen molar-refractivity contribution in [1.82, 2.24) is 4.31 Å². The van der Waals surface area contributed by atoms with Crippen LogP contribution >= 0.6 is 0 Å². The second-order valence-electron chi connectivity index (χ2n) is 6.40. The number of methoxy groups -OCH3 is 1. The first-order valence-corrected chi connectivity index (χ1v) is 10.2. The van der Waals surface area contributed by atoms with Crippen LogP contribution in [0.15, 0.2) is 35.2 Å². The highest BCUT2D eigenvalue weighted by molar-refractivity contribution is 7.89. The third kappa shape index (κ3) is 4.25. The van der Waals surface area contributed by atoms with E-state index in [1.165, 1.54) is 23.5 Å². The van der Waals surface area contributed by atoms with Crippen molar-refractivity contribution in [3.05, 3.63) is 30.4 Å². The zero-order valence-corrected chi connectivity index (χ0v) is 15.6. The minimum atomic E-state index is -3.63. The first kappa shape index (κ1) is 18.9. The molecule has 0 spiro atoms. The molecule has 0 unspecified atom stereocenters. The maximum atomic E-state index is 12.8. The van der Waals surface area contributed by atoms with E-state index >= 15 is 0 Å². The molecule has 1 aliphatic carbocycles. The molecule has 0 aromatic heterocycles. The Hall–Kier alpha value is -1.90. The van der Waals surface area contributed by atoms with Crippen LogP contribution < -0.4 is 10.1 Å². The number of hydrogen-bond acceptors (Lipinski definition) is 5. The molecular weight excluding hydrogens is 356 g/mol. The largest absolute Gasteiger partial charge is 0.495 e. The van der Waals surface area contributed by atoms with Gasteiger partial charge in [0.2, 0.25) is 15.9 Å². The number of rotatable bonds is 6. The minimum absolute atomic E-state index is 0.135. The Morgan fingerprint density at radius 3 is 2.77 bits per heavy atom. The van der Waals surface area contributed by atoms with E-state index in [0.29, 0.717) is 44.2 Å². The molecule has 1 aromatic carbocycles. The van der Waals surface area contributed by atoms with Crippen molar-refractivity contribution in [3.8, 4) is 5.75 Å². The standard InChI is InChI=1S/C18H24N2O5S/c1-24-17-7-6-15(26(22,23)20-8-10-25-11-9-20)13-16(17)19-18(21)12-14-4-2-3-5-14/h2,4,6-7,13-14H,3,5,8-12H2,1H3,(H,19,21)/t14-/m0/s1. The molecule has 1 saturated heterocycles. The molecule has 1 aliphatic heterocycles. The maximum Gasteiger partial charge on any atom is 0.243 e. The number of allylic oxidation sites excluding steroid dienone is 2. The summed E-state index contributed by atoms with van der Waals surface area (Å²) in [7, 11) is -2.15. The fraction of sp³-hybridized carbons (Fsp3) is 0.500. The van der Waals surface area contributed by atoms with Crippen molar-refractivity contribution in [2.24, 2.45) is 5.92 Å². The van der Waals surface area contributed by atoms with Gasteiger partial charge in [0.05, 0.1) is 30.9 Å². The van der Waals surface area contributed by atoms with Gasteiger partial charge in [-0.2, -0.15) is 4.31 Å². The summed E-state index contributed by atoms with van der Waals surface area (Å²) in [6, 6.07) is 4.53. The van der Waals surface area contributed by atoms with Gasteiger partial charge >= 0.3 is 0 Å². The summed E-state index contributed by atoms with van der Waals surface area (Å²) in [6.07, 6.45) is 6.47. The molecule has 1 N–H and O–H groups in total. The number of hydrogen-bond donors (Lipinski definition) is 1. The van der Waals surface area contributed by atoms with E-state index in [1.807, 2.05) is 0 Å². The van der Waals surface area contributed by atoms with Crippen LogP contribution in [0, 0.1) is 5.92 Å². The number of carbonyl (C=O) groups excluding carboxylic acids is 1. The number of anilines is 1. The highest BCUT2D eigenvalue weighted by atomic mass is 32.2. The summed E-state index contributed by atoms with van der Waals surface area (Å²) < 4.78 is 37.5. The molecule has 7 nitrogen and oxygen atoms in total. The zero-order chi connectivity index (χ0) is 18.6. The minimum Gasteiger partial charge on any atom is -0.495 e. The maximum absolute atomic E-state index is 12.8. The van der Waals surface area contributed by atoms with E-state index in [2.05, 4.69) is 17.5 Å². The van der Waals surface area contributed by atoms with Gasteiger partial charge in [-0.3, -0.25) is 4.79 Å². The third-order valence-electron chi connectivity index (χ3n) is 4.61. The number of ether oxygens (including phenoxy) is 2. The molecule has 1 atom stereocenters. The van der Waals surface area contributed by atoms with Gasteiger partial charge in [0, 0.05) is 19.5 Å². The highest BCUT2D eigenvalue weighted by Gasteiger charge is 2.27. The molecule has 142 valence electrons. The van der Waals surface area contributed by atoms with Crippen molar-refractivity contribution in [2.75, 3.05) is 38.7 Å². The molecule has 1 heterocycles. The third-order valence-corrected chi connectivity index (χ3v) is 6.51. The Balaban J connectivity index is 1.79. The molecule has 1 fully saturated rings. The Morgan fingerprint density at radius 2 is 2.12 bits per heavy atom. The lowest BCUT2D eigenvalue weighted by Gasteiger charge is -2.26. The van der Waals surface area contributed by atoms with Gasteiger partial charge in [0.15, 0.2) is 0 Å². The monoisotopic (exact) mass is 380 g/mol. The Kier molecular flexibility index (Phi) is 5.95. The average molecular weight is 380 g/mol. The Bertz CT molecular complexity index is 785. The molecule has 1 aromatic rings. The van der Waals surface area contributed by atoms with Crippen LogP contribution in [0.3, 0.4) is 0 Å². The van der Waals surface area contributed by atoms with Crippen LogP contribution in [0.25, 0.3) is 0 Å². The lowest BCUT2D eigenvalue weighted by molar-refractivity contribution is -0.116. The lowest BCUT2D eigenvalue weighted by atomic mass is 10.1. The lowest BCUT2D eigenvalue weighted by Crippen LogP contribution is -2.40. The quantitative estimate of drug-likeness (QED) is 0.763. The SMILES string of the molecule is COc1ccc(S(=O)(=O)N2CCOCC2)cc1NC(=O)C[C@H]1C=CCC1. The van der Waals surface area contributed by atoms with Gasteiger partial charge in [-0.1, -0.05) is 12.2 Å². The number of morpholine rings is 1. The fourth-order valence-corrected chi connectivity index (χ4v) is 4.62. The summed E-state index contributed by atoms with van der Waals surface area (Å²) >= 11 is 0. The van der Waals surface area contributed by atoms with Gasteiger partial charge in [-0.15, -0.1) is 0 Å². The van der Waals surface area contributed by atoms with Crippen LogP contribution in [0.4, 0.5) is 5.69 Å². The Labute approximate surface area is 154 Å². The van der Waals surface area contributed by atoms with E-state index < -0.39 is 10.0 Å².